The molecule has 1 aromatic heterocycles. The summed E-state index contributed by atoms with van der Waals surface area (Å²) in [5.74, 6) is -1.50. The molecule has 1 heterocycles. The zero-order chi connectivity index (χ0) is 9.97. The van der Waals surface area contributed by atoms with Gasteiger partial charge in [-0.15, -0.1) is 15.0 Å². The van der Waals surface area contributed by atoms with Crippen LogP contribution in [0.1, 0.15) is 10.6 Å². The Morgan fingerprint density at radius 3 is 2.47 bits per heavy atom. The van der Waals surface area contributed by atoms with E-state index in [2.05, 4.69) is 15.4 Å². The van der Waals surface area contributed by atoms with Crippen LogP contribution in [0.3, 0.4) is 0 Å². The molecule has 0 saturated carbocycles. The molecule has 0 aliphatic carbocycles. The molecule has 0 fully saturated rings. The minimum absolute atomic E-state index is 0. The van der Waals surface area contributed by atoms with Crippen molar-refractivity contribution in [3.63, 3.8) is 0 Å². The van der Waals surface area contributed by atoms with Gasteiger partial charge in [0.2, 0.25) is 0 Å². The van der Waals surface area contributed by atoms with Crippen molar-refractivity contribution in [2.75, 3.05) is 0 Å². The predicted octanol–water partition coefficient (Wildman–Crippen LogP) is -2.64. The number of aromatic nitrogens is 4. The zero-order valence-electron chi connectivity index (χ0n) is 8.03. The zero-order valence-corrected chi connectivity index (χ0v) is 11.2. The molecule has 0 spiro atoms. The van der Waals surface area contributed by atoms with Crippen LogP contribution in [-0.4, -0.2) is 31.3 Å². The van der Waals surface area contributed by atoms with Crippen molar-refractivity contribution in [1.29, 1.82) is 0 Å². The Hall–Kier alpha value is -0.604. The van der Waals surface area contributed by atoms with Crippen LogP contribution in [0.5, 0.6) is 0 Å². The van der Waals surface area contributed by atoms with E-state index in [9.17, 15) is 4.79 Å². The second kappa shape index (κ2) is 5.47. The van der Waals surface area contributed by atoms with E-state index in [1.807, 2.05) is 6.07 Å². The van der Waals surface area contributed by atoms with Crippen LogP contribution in [0.4, 0.5) is 0 Å². The number of carboxylic acids is 1. The molecule has 0 saturated heterocycles. The monoisotopic (exact) mass is 229 g/mol. The van der Waals surface area contributed by atoms with Gasteiger partial charge in [0.05, 0.1) is 5.69 Å². The third-order valence-corrected chi connectivity index (χ3v) is 1.59. The average molecular weight is 229 g/mol. The second-order valence-electron chi connectivity index (χ2n) is 2.54. The fraction of sp³-hybridized carbons (Fsp3) is 0. The van der Waals surface area contributed by atoms with Crippen molar-refractivity contribution in [1.82, 2.24) is 20.2 Å². The molecular weight excluding hydrogens is 223 g/mol. The fourth-order valence-electron chi connectivity index (χ4n) is 0.971. The van der Waals surface area contributed by atoms with Crippen molar-refractivity contribution >= 4 is 5.97 Å². The first-order valence-corrected chi connectivity index (χ1v) is 3.86. The molecule has 70 valence electrons. The van der Waals surface area contributed by atoms with Crippen LogP contribution >= 0.6 is 0 Å². The number of para-hydroxylation sites is 1. The number of nitrogens with zero attached hydrogens (tertiary/aromatic N) is 4. The molecule has 7 heteroatoms. The smallest absolute Gasteiger partial charge is 0.475 e. The summed E-state index contributed by atoms with van der Waals surface area (Å²) in [4.78, 5) is 11.6. The van der Waals surface area contributed by atoms with Gasteiger partial charge in [-0.2, -0.15) is 0 Å². The molecule has 2 aromatic rings. The van der Waals surface area contributed by atoms with Crippen LogP contribution in [0.15, 0.2) is 30.3 Å². The molecular formula is C8H6KN4O2+. The molecule has 0 amide bonds. The van der Waals surface area contributed by atoms with Gasteiger partial charge in [-0.25, -0.2) is 4.79 Å². The van der Waals surface area contributed by atoms with E-state index < -0.39 is 5.97 Å². The SMILES string of the molecule is O=C(O)c1nnn(-c2ccccc2)n1.[K+]. The van der Waals surface area contributed by atoms with E-state index in [1.165, 1.54) is 4.80 Å². The number of benzene rings is 1. The molecule has 0 radical (unpaired) electrons. The molecule has 1 N–H and O–H groups in total. The van der Waals surface area contributed by atoms with Crippen molar-refractivity contribution < 1.29 is 61.3 Å². The topological polar surface area (TPSA) is 80.9 Å². The number of carbonyl (C=O) groups is 1. The Balaban J connectivity index is 0.00000112. The molecule has 0 unspecified atom stereocenters. The first-order chi connectivity index (χ1) is 6.77. The van der Waals surface area contributed by atoms with E-state index in [4.69, 9.17) is 5.11 Å². The Morgan fingerprint density at radius 2 is 1.93 bits per heavy atom. The van der Waals surface area contributed by atoms with Crippen molar-refractivity contribution in [3.05, 3.63) is 36.2 Å². The number of aromatic carboxylic acids is 1. The van der Waals surface area contributed by atoms with Crippen molar-refractivity contribution in [2.24, 2.45) is 0 Å². The Bertz CT molecular complexity index is 457. The van der Waals surface area contributed by atoms with Crippen LogP contribution < -0.4 is 51.4 Å². The number of rotatable bonds is 2. The minimum Gasteiger partial charge on any atom is -0.475 e. The number of carboxylic acid groups (broad SMARTS) is 1. The molecule has 0 aliphatic heterocycles. The summed E-state index contributed by atoms with van der Waals surface area (Å²) in [6.07, 6.45) is 0. The predicted molar refractivity (Wildman–Crippen MR) is 46.1 cm³/mol. The van der Waals surface area contributed by atoms with E-state index in [-0.39, 0.29) is 57.2 Å². The number of hydrogen-bond donors (Lipinski definition) is 1. The van der Waals surface area contributed by atoms with Crippen LogP contribution in [0.25, 0.3) is 5.69 Å². The van der Waals surface area contributed by atoms with E-state index in [1.54, 1.807) is 24.3 Å². The summed E-state index contributed by atoms with van der Waals surface area (Å²) in [6, 6.07) is 8.97. The average Bonchev–Trinajstić information content (AvgIpc) is 2.68. The summed E-state index contributed by atoms with van der Waals surface area (Å²) in [7, 11) is 0. The van der Waals surface area contributed by atoms with Crippen molar-refractivity contribution in [2.45, 2.75) is 0 Å². The number of hydrogen-bond acceptors (Lipinski definition) is 4. The van der Waals surface area contributed by atoms with Crippen LogP contribution in [0, 0.1) is 0 Å². The minimum atomic E-state index is -1.19. The molecule has 1 aromatic carbocycles. The van der Waals surface area contributed by atoms with Gasteiger partial charge in [0, 0.05) is 0 Å². The molecule has 0 atom stereocenters. The first-order valence-electron chi connectivity index (χ1n) is 3.86. The Kier molecular flexibility index (Phi) is 4.55. The summed E-state index contributed by atoms with van der Waals surface area (Å²) in [5.41, 5.74) is 0.674. The standard InChI is InChI=1S/C8H6N4O2.K/c13-8(14)7-9-11-12(10-7)6-4-2-1-3-5-6;/h1-5H,(H,13,14);/q;+1. The van der Waals surface area contributed by atoms with Gasteiger partial charge in [-0.1, -0.05) is 18.2 Å². The van der Waals surface area contributed by atoms with E-state index >= 15 is 0 Å². The summed E-state index contributed by atoms with van der Waals surface area (Å²) >= 11 is 0. The number of tetrazole rings is 1. The van der Waals surface area contributed by atoms with Gasteiger partial charge >= 0.3 is 57.4 Å². The third kappa shape index (κ3) is 2.92. The molecule has 6 nitrogen and oxygen atoms in total. The van der Waals surface area contributed by atoms with Gasteiger partial charge in [0.15, 0.2) is 0 Å². The third-order valence-electron chi connectivity index (χ3n) is 1.59. The maximum absolute atomic E-state index is 10.5. The summed E-state index contributed by atoms with van der Waals surface area (Å²) < 4.78 is 0. The van der Waals surface area contributed by atoms with Crippen molar-refractivity contribution in [3.8, 4) is 5.69 Å². The van der Waals surface area contributed by atoms with E-state index in [0.717, 1.165) is 0 Å². The van der Waals surface area contributed by atoms with Gasteiger partial charge in [-0.05, 0) is 17.3 Å². The fourth-order valence-corrected chi connectivity index (χ4v) is 0.971. The Labute approximate surface area is 128 Å². The van der Waals surface area contributed by atoms with Gasteiger partial charge in [0.1, 0.15) is 0 Å². The van der Waals surface area contributed by atoms with Gasteiger partial charge in [-0.3, -0.25) is 0 Å². The van der Waals surface area contributed by atoms with Crippen LogP contribution in [0.2, 0.25) is 0 Å². The second-order valence-corrected chi connectivity index (χ2v) is 2.54. The molecule has 0 bridgehead atoms. The van der Waals surface area contributed by atoms with E-state index in [0.29, 0.717) is 5.69 Å². The van der Waals surface area contributed by atoms with Gasteiger partial charge in [0.25, 0.3) is 5.82 Å². The maximum atomic E-state index is 10.5. The molecule has 0 aliphatic rings. The van der Waals surface area contributed by atoms with Gasteiger partial charge < -0.3 is 5.11 Å². The Morgan fingerprint density at radius 1 is 1.27 bits per heavy atom. The normalized spacial score (nSPS) is 9.33. The summed E-state index contributed by atoms with van der Waals surface area (Å²) in [6.45, 7) is 0. The molecule has 15 heavy (non-hydrogen) atoms. The molecule has 2 rings (SSSR count). The first kappa shape index (κ1) is 12.5. The summed E-state index contributed by atoms with van der Waals surface area (Å²) in [5, 5.41) is 19.2. The van der Waals surface area contributed by atoms with Crippen LogP contribution in [-0.2, 0) is 0 Å². The largest absolute Gasteiger partial charge is 1.00 e. The quantitative estimate of drug-likeness (QED) is 0.570. The maximum Gasteiger partial charge on any atom is 1.00 e.